The van der Waals surface area contributed by atoms with E-state index in [0.717, 1.165) is 14.3 Å². The molecule has 1 aliphatic heterocycles. The lowest BCUT2D eigenvalue weighted by Gasteiger charge is -2.32. The predicted molar refractivity (Wildman–Crippen MR) is 146 cm³/mol. The van der Waals surface area contributed by atoms with Gasteiger partial charge in [-0.05, 0) is 49.6 Å². The summed E-state index contributed by atoms with van der Waals surface area (Å²) in [5.74, 6) is 0.165. The Hall–Kier alpha value is -2.79. The molecule has 0 aliphatic carbocycles. The summed E-state index contributed by atoms with van der Waals surface area (Å²) in [7, 11) is -3.83. The van der Waals surface area contributed by atoms with Crippen LogP contribution in [0, 0.1) is 5.92 Å². The third kappa shape index (κ3) is 7.61. The Labute approximate surface area is 227 Å². The number of nitrogens with zero attached hydrogens (tertiary/aromatic N) is 2. The van der Waals surface area contributed by atoms with Crippen molar-refractivity contribution in [3.8, 4) is 11.5 Å². The number of anilines is 1. The lowest BCUT2D eigenvalue weighted by Crippen LogP contribution is -2.51. The van der Waals surface area contributed by atoms with E-state index in [1.165, 1.54) is 11.8 Å². The molecule has 0 bridgehead atoms. The molecule has 2 amide bonds. The van der Waals surface area contributed by atoms with E-state index in [1.807, 2.05) is 38.1 Å². The molecular weight excluding hydrogens is 562 g/mol. The smallest absolute Gasteiger partial charge is 0.244 e. The number of benzene rings is 2. The Kier molecular flexibility index (Phi) is 9.83. The van der Waals surface area contributed by atoms with Crippen LogP contribution in [-0.4, -0.2) is 63.2 Å². The van der Waals surface area contributed by atoms with Gasteiger partial charge in [-0.25, -0.2) is 8.42 Å². The van der Waals surface area contributed by atoms with Gasteiger partial charge in [-0.2, -0.15) is 0 Å². The molecule has 0 saturated heterocycles. The number of amides is 2. The SMILES string of the molecule is CCS(=O)(=O)N(CC(=O)N(Cc1cccc(Br)c1)[C@H](C)C(=O)NCC(C)C)c1ccc2c(c1)OCCO2. The molecular formula is C26H34BrN3O6S. The number of rotatable bonds is 11. The van der Waals surface area contributed by atoms with Crippen LogP contribution in [0.2, 0.25) is 0 Å². The number of ether oxygens (including phenoxy) is 2. The van der Waals surface area contributed by atoms with Crippen LogP contribution in [0.3, 0.4) is 0 Å². The maximum atomic E-state index is 13.7. The van der Waals surface area contributed by atoms with Gasteiger partial charge in [0.05, 0.1) is 11.4 Å². The van der Waals surface area contributed by atoms with Crippen molar-refractivity contribution in [1.29, 1.82) is 0 Å². The quantitative estimate of drug-likeness (QED) is 0.426. The molecule has 1 atom stereocenters. The third-order valence-corrected chi connectivity index (χ3v) is 8.12. The van der Waals surface area contributed by atoms with Crippen LogP contribution in [-0.2, 0) is 26.2 Å². The lowest BCUT2D eigenvalue weighted by molar-refractivity contribution is -0.139. The minimum absolute atomic E-state index is 0.135. The fourth-order valence-electron chi connectivity index (χ4n) is 3.77. The molecule has 1 N–H and O–H groups in total. The normalized spacial score (nSPS) is 13.7. The van der Waals surface area contributed by atoms with Crippen LogP contribution in [0.15, 0.2) is 46.9 Å². The van der Waals surface area contributed by atoms with Crippen LogP contribution in [0.25, 0.3) is 0 Å². The monoisotopic (exact) mass is 595 g/mol. The maximum Gasteiger partial charge on any atom is 0.244 e. The fraction of sp³-hybridized carbons (Fsp3) is 0.462. The molecule has 2 aromatic rings. The van der Waals surface area contributed by atoms with Gasteiger partial charge >= 0.3 is 0 Å². The second-order valence-electron chi connectivity index (χ2n) is 9.20. The summed E-state index contributed by atoms with van der Waals surface area (Å²) in [6.07, 6.45) is 0. The molecule has 9 nitrogen and oxygen atoms in total. The van der Waals surface area contributed by atoms with Crippen molar-refractivity contribution in [3.63, 3.8) is 0 Å². The highest BCUT2D eigenvalue weighted by Crippen LogP contribution is 2.35. The largest absolute Gasteiger partial charge is 0.486 e. The van der Waals surface area contributed by atoms with Crippen LogP contribution >= 0.6 is 15.9 Å². The predicted octanol–water partition coefficient (Wildman–Crippen LogP) is 3.57. The minimum atomic E-state index is -3.83. The van der Waals surface area contributed by atoms with Gasteiger partial charge in [0.1, 0.15) is 25.8 Å². The fourth-order valence-corrected chi connectivity index (χ4v) is 5.27. The summed E-state index contributed by atoms with van der Waals surface area (Å²) in [6, 6.07) is 11.4. The second kappa shape index (κ2) is 12.6. The van der Waals surface area contributed by atoms with Gasteiger partial charge in [0.15, 0.2) is 11.5 Å². The average Bonchev–Trinajstić information content (AvgIpc) is 2.88. The molecule has 1 heterocycles. The van der Waals surface area contributed by atoms with E-state index >= 15 is 0 Å². The van der Waals surface area contributed by atoms with Crippen LogP contribution in [0.5, 0.6) is 11.5 Å². The van der Waals surface area contributed by atoms with Crippen molar-refractivity contribution in [3.05, 3.63) is 52.5 Å². The number of carbonyl (C=O) groups excluding carboxylic acids is 2. The first-order valence-corrected chi connectivity index (χ1v) is 14.6. The first-order chi connectivity index (χ1) is 17.5. The molecule has 0 fully saturated rings. The summed E-state index contributed by atoms with van der Waals surface area (Å²) >= 11 is 3.44. The zero-order valence-electron chi connectivity index (χ0n) is 21.6. The number of nitrogens with one attached hydrogen (secondary N) is 1. The summed E-state index contributed by atoms with van der Waals surface area (Å²) in [4.78, 5) is 28.1. The molecule has 3 rings (SSSR count). The number of fused-ring (bicyclic) bond motifs is 1. The van der Waals surface area contributed by atoms with Gasteiger partial charge in [0.25, 0.3) is 0 Å². The number of hydrogen-bond donors (Lipinski definition) is 1. The standard InChI is InChI=1S/C26H34BrN3O6S/c1-5-37(33,34)30(22-9-10-23-24(14-22)36-12-11-35-23)17-25(31)29(16-20-7-6-8-21(27)13-20)19(4)26(32)28-15-18(2)3/h6-10,13-14,18-19H,5,11-12,15-17H2,1-4H3,(H,28,32)/t19-/m1/s1. The average molecular weight is 597 g/mol. The molecule has 0 unspecified atom stereocenters. The van der Waals surface area contributed by atoms with Crippen molar-refractivity contribution >= 4 is 43.5 Å². The Morgan fingerprint density at radius 1 is 1.05 bits per heavy atom. The number of carbonyl (C=O) groups is 2. The number of halogens is 1. The van der Waals surface area contributed by atoms with E-state index < -0.39 is 28.5 Å². The highest BCUT2D eigenvalue weighted by Gasteiger charge is 2.31. The molecule has 1 aliphatic rings. The topological polar surface area (TPSA) is 105 Å². The molecule has 2 aromatic carbocycles. The Balaban J connectivity index is 1.93. The summed E-state index contributed by atoms with van der Waals surface area (Å²) in [6.45, 7) is 8.02. The second-order valence-corrected chi connectivity index (χ2v) is 12.3. The number of hydrogen-bond acceptors (Lipinski definition) is 6. The molecule has 0 aromatic heterocycles. The molecule has 202 valence electrons. The first kappa shape index (κ1) is 28.8. The van der Waals surface area contributed by atoms with E-state index in [2.05, 4.69) is 21.2 Å². The molecule has 37 heavy (non-hydrogen) atoms. The highest BCUT2D eigenvalue weighted by atomic mass is 79.9. The van der Waals surface area contributed by atoms with E-state index in [9.17, 15) is 18.0 Å². The molecule has 0 spiro atoms. The van der Waals surface area contributed by atoms with Crippen LogP contribution < -0.4 is 19.1 Å². The van der Waals surface area contributed by atoms with Crippen LogP contribution in [0.4, 0.5) is 5.69 Å². The van der Waals surface area contributed by atoms with Gasteiger partial charge in [-0.1, -0.05) is 41.9 Å². The van der Waals surface area contributed by atoms with Crippen LogP contribution in [0.1, 0.15) is 33.3 Å². The van der Waals surface area contributed by atoms with Crippen molar-refractivity contribution in [2.45, 2.75) is 40.3 Å². The van der Waals surface area contributed by atoms with Crippen molar-refractivity contribution in [2.24, 2.45) is 5.92 Å². The maximum absolute atomic E-state index is 13.7. The zero-order valence-corrected chi connectivity index (χ0v) is 24.0. The van der Waals surface area contributed by atoms with Gasteiger partial charge in [-0.3, -0.25) is 13.9 Å². The van der Waals surface area contributed by atoms with Gasteiger partial charge in [0, 0.05) is 23.6 Å². The first-order valence-electron chi connectivity index (χ1n) is 12.2. The zero-order chi connectivity index (χ0) is 27.2. The van der Waals surface area contributed by atoms with Gasteiger partial charge < -0.3 is 19.7 Å². The van der Waals surface area contributed by atoms with Gasteiger partial charge in [-0.15, -0.1) is 0 Å². The summed E-state index contributed by atoms with van der Waals surface area (Å²) in [5, 5.41) is 2.87. The Bertz CT molecular complexity index is 1220. The van der Waals surface area contributed by atoms with E-state index in [4.69, 9.17) is 9.47 Å². The summed E-state index contributed by atoms with van der Waals surface area (Å²) < 4.78 is 39.3. The van der Waals surface area contributed by atoms with E-state index in [-0.39, 0.29) is 24.1 Å². The number of sulfonamides is 1. The minimum Gasteiger partial charge on any atom is -0.486 e. The Morgan fingerprint density at radius 3 is 2.41 bits per heavy atom. The van der Waals surface area contributed by atoms with E-state index in [0.29, 0.717) is 36.9 Å². The third-order valence-electron chi connectivity index (χ3n) is 5.89. The molecule has 11 heteroatoms. The van der Waals surface area contributed by atoms with Gasteiger partial charge in [0.2, 0.25) is 21.8 Å². The Morgan fingerprint density at radius 2 is 1.76 bits per heavy atom. The van der Waals surface area contributed by atoms with Crippen molar-refractivity contribution in [1.82, 2.24) is 10.2 Å². The highest BCUT2D eigenvalue weighted by molar-refractivity contribution is 9.10. The van der Waals surface area contributed by atoms with Crippen molar-refractivity contribution < 1.29 is 27.5 Å². The lowest BCUT2D eigenvalue weighted by atomic mass is 10.1. The molecule has 0 radical (unpaired) electrons. The molecule has 0 saturated carbocycles. The van der Waals surface area contributed by atoms with Crippen molar-refractivity contribution in [2.75, 3.05) is 36.4 Å². The van der Waals surface area contributed by atoms with E-state index in [1.54, 1.807) is 25.1 Å². The summed E-state index contributed by atoms with van der Waals surface area (Å²) in [5.41, 5.74) is 1.09.